The zero-order chi connectivity index (χ0) is 14.1. The van der Waals surface area contributed by atoms with Crippen LogP contribution in [-0.4, -0.2) is 19.5 Å². The topological polar surface area (TPSA) is 43.6 Å². The Kier molecular flexibility index (Phi) is 3.59. The van der Waals surface area contributed by atoms with Crippen LogP contribution in [0.4, 0.5) is 0 Å². The van der Waals surface area contributed by atoms with Crippen LogP contribution in [0.2, 0.25) is 5.02 Å². The summed E-state index contributed by atoms with van der Waals surface area (Å²) < 4.78 is 2.04. The number of hydrogen-bond acceptors (Lipinski definition) is 3. The molecule has 0 amide bonds. The second-order valence-electron chi connectivity index (χ2n) is 4.45. The van der Waals surface area contributed by atoms with Crippen LogP contribution in [-0.2, 0) is 12.4 Å². The van der Waals surface area contributed by atoms with Crippen molar-refractivity contribution in [2.75, 3.05) is 0 Å². The minimum atomic E-state index is 0.328. The van der Waals surface area contributed by atoms with Crippen LogP contribution in [0.15, 0.2) is 30.5 Å². The third-order valence-electron chi connectivity index (χ3n) is 3.08. The van der Waals surface area contributed by atoms with Gasteiger partial charge in [-0.1, -0.05) is 17.7 Å². The molecule has 0 unspecified atom stereocenters. The molecule has 0 saturated heterocycles. The van der Waals surface area contributed by atoms with E-state index in [1.807, 2.05) is 35.8 Å². The molecule has 2 heterocycles. The molecular formula is C14H12Cl2N4. The molecule has 1 aromatic carbocycles. The Bertz CT molecular complexity index is 767. The second kappa shape index (κ2) is 5.38. The minimum Gasteiger partial charge on any atom is -0.321 e. The first-order valence-electron chi connectivity index (χ1n) is 6.17. The number of rotatable bonds is 3. The Labute approximate surface area is 126 Å². The summed E-state index contributed by atoms with van der Waals surface area (Å²) in [5.74, 6) is 1.86. The fraction of sp³-hybridized carbons (Fsp3) is 0.214. The number of aromatic nitrogens is 4. The maximum atomic E-state index is 6.18. The SMILES string of the molecule is Cc1nccc(Cn2c(CCl)nc3c(Cl)cccc32)n1. The number of nitrogens with zero attached hydrogens (tertiary/aromatic N) is 4. The Hall–Kier alpha value is -1.65. The second-order valence-corrected chi connectivity index (χ2v) is 5.13. The number of para-hydroxylation sites is 1. The maximum Gasteiger partial charge on any atom is 0.125 e. The molecule has 0 atom stereocenters. The van der Waals surface area contributed by atoms with Gasteiger partial charge in [-0.2, -0.15) is 0 Å². The number of halogens is 2. The van der Waals surface area contributed by atoms with Gasteiger partial charge in [-0.05, 0) is 25.1 Å². The van der Waals surface area contributed by atoms with Crippen LogP contribution >= 0.6 is 23.2 Å². The summed E-state index contributed by atoms with van der Waals surface area (Å²) in [6.45, 7) is 2.47. The molecule has 0 fully saturated rings. The molecular weight excluding hydrogens is 295 g/mol. The van der Waals surface area contributed by atoms with Crippen molar-refractivity contribution in [2.45, 2.75) is 19.3 Å². The van der Waals surface area contributed by atoms with Gasteiger partial charge in [0.05, 0.1) is 28.7 Å². The van der Waals surface area contributed by atoms with E-state index >= 15 is 0 Å². The van der Waals surface area contributed by atoms with Crippen LogP contribution in [0.25, 0.3) is 11.0 Å². The predicted molar refractivity (Wildman–Crippen MR) is 80.2 cm³/mol. The average Bonchev–Trinajstić information content (AvgIpc) is 2.79. The van der Waals surface area contributed by atoms with Gasteiger partial charge in [0, 0.05) is 6.20 Å². The van der Waals surface area contributed by atoms with E-state index in [0.717, 1.165) is 28.4 Å². The first-order valence-corrected chi connectivity index (χ1v) is 7.08. The Morgan fingerprint density at radius 1 is 1.20 bits per heavy atom. The molecule has 0 spiro atoms. The predicted octanol–water partition coefficient (Wildman–Crippen LogP) is 3.58. The molecule has 0 saturated carbocycles. The van der Waals surface area contributed by atoms with Crippen LogP contribution in [0.1, 0.15) is 17.3 Å². The number of alkyl halides is 1. The molecule has 6 heteroatoms. The highest BCUT2D eigenvalue weighted by molar-refractivity contribution is 6.35. The van der Waals surface area contributed by atoms with Gasteiger partial charge in [0.1, 0.15) is 17.2 Å². The van der Waals surface area contributed by atoms with Crippen molar-refractivity contribution < 1.29 is 0 Å². The third-order valence-corrected chi connectivity index (χ3v) is 3.63. The molecule has 0 aliphatic heterocycles. The fourth-order valence-corrected chi connectivity index (χ4v) is 2.61. The third kappa shape index (κ3) is 2.37. The van der Waals surface area contributed by atoms with Crippen LogP contribution in [0.3, 0.4) is 0 Å². The van der Waals surface area contributed by atoms with Gasteiger partial charge in [0.15, 0.2) is 0 Å². The summed E-state index contributed by atoms with van der Waals surface area (Å²) in [4.78, 5) is 13.0. The van der Waals surface area contributed by atoms with Gasteiger partial charge in [-0.25, -0.2) is 15.0 Å². The molecule has 4 nitrogen and oxygen atoms in total. The van der Waals surface area contributed by atoms with Crippen molar-refractivity contribution in [1.29, 1.82) is 0 Å². The number of hydrogen-bond donors (Lipinski definition) is 0. The molecule has 3 aromatic rings. The van der Waals surface area contributed by atoms with Crippen LogP contribution in [0, 0.1) is 6.92 Å². The lowest BCUT2D eigenvalue weighted by molar-refractivity contribution is 0.749. The Morgan fingerprint density at radius 2 is 2.05 bits per heavy atom. The van der Waals surface area contributed by atoms with E-state index < -0.39 is 0 Å². The average molecular weight is 307 g/mol. The summed E-state index contributed by atoms with van der Waals surface area (Å²) in [6.07, 6.45) is 1.75. The van der Waals surface area contributed by atoms with E-state index in [-0.39, 0.29) is 0 Å². The molecule has 0 aliphatic carbocycles. The summed E-state index contributed by atoms with van der Waals surface area (Å²) in [7, 11) is 0. The molecule has 3 rings (SSSR count). The normalized spacial score (nSPS) is 11.2. The monoisotopic (exact) mass is 306 g/mol. The number of imidazole rings is 1. The maximum absolute atomic E-state index is 6.18. The van der Waals surface area contributed by atoms with Crippen LogP contribution < -0.4 is 0 Å². The Balaban J connectivity index is 2.12. The van der Waals surface area contributed by atoms with Crippen molar-refractivity contribution in [3.8, 4) is 0 Å². The molecule has 0 radical (unpaired) electrons. The first kappa shape index (κ1) is 13.3. The highest BCUT2D eigenvalue weighted by Crippen LogP contribution is 2.25. The fourth-order valence-electron chi connectivity index (χ4n) is 2.19. The van der Waals surface area contributed by atoms with Gasteiger partial charge >= 0.3 is 0 Å². The van der Waals surface area contributed by atoms with E-state index in [0.29, 0.717) is 17.4 Å². The largest absolute Gasteiger partial charge is 0.321 e. The van der Waals surface area contributed by atoms with Crippen molar-refractivity contribution in [3.63, 3.8) is 0 Å². The van der Waals surface area contributed by atoms with Gasteiger partial charge in [-0.15, -0.1) is 11.6 Å². The number of benzene rings is 1. The molecule has 2 aromatic heterocycles. The molecule has 102 valence electrons. The van der Waals surface area contributed by atoms with Crippen molar-refractivity contribution in [2.24, 2.45) is 0 Å². The summed E-state index contributed by atoms with van der Waals surface area (Å²) >= 11 is 12.2. The van der Waals surface area contributed by atoms with Gasteiger partial charge < -0.3 is 4.57 Å². The molecule has 0 bridgehead atoms. The smallest absolute Gasteiger partial charge is 0.125 e. The van der Waals surface area contributed by atoms with E-state index in [1.54, 1.807) is 6.20 Å². The molecule has 0 aliphatic rings. The molecule has 0 N–H and O–H groups in total. The summed E-state index contributed by atoms with van der Waals surface area (Å²) in [6, 6.07) is 7.61. The number of aryl methyl sites for hydroxylation is 1. The van der Waals surface area contributed by atoms with Crippen molar-refractivity contribution in [1.82, 2.24) is 19.5 Å². The quantitative estimate of drug-likeness (QED) is 0.695. The zero-order valence-corrected chi connectivity index (χ0v) is 12.4. The zero-order valence-electron chi connectivity index (χ0n) is 10.8. The standard InChI is InChI=1S/C14H12Cl2N4/c1-9-17-6-5-10(18-9)8-20-12-4-2-3-11(16)14(12)19-13(20)7-15/h2-6H,7-8H2,1H3. The van der Waals surface area contributed by atoms with E-state index in [1.165, 1.54) is 0 Å². The Morgan fingerprint density at radius 3 is 2.80 bits per heavy atom. The van der Waals surface area contributed by atoms with Gasteiger partial charge in [0.2, 0.25) is 0 Å². The summed E-state index contributed by atoms with van der Waals surface area (Å²) in [5, 5.41) is 0.631. The van der Waals surface area contributed by atoms with Crippen LogP contribution in [0.5, 0.6) is 0 Å². The van der Waals surface area contributed by atoms with Crippen molar-refractivity contribution in [3.05, 3.63) is 52.8 Å². The van der Waals surface area contributed by atoms with Crippen molar-refractivity contribution >= 4 is 34.2 Å². The summed E-state index contributed by atoms with van der Waals surface area (Å²) in [5.41, 5.74) is 2.66. The van der Waals surface area contributed by atoms with Gasteiger partial charge in [0.25, 0.3) is 0 Å². The molecule has 20 heavy (non-hydrogen) atoms. The first-order chi connectivity index (χ1) is 9.69. The highest BCUT2D eigenvalue weighted by Gasteiger charge is 2.13. The van der Waals surface area contributed by atoms with E-state index in [4.69, 9.17) is 23.2 Å². The minimum absolute atomic E-state index is 0.328. The van der Waals surface area contributed by atoms with E-state index in [9.17, 15) is 0 Å². The lowest BCUT2D eigenvalue weighted by Gasteiger charge is -2.07. The van der Waals surface area contributed by atoms with E-state index in [2.05, 4.69) is 15.0 Å². The number of fused-ring (bicyclic) bond motifs is 1. The van der Waals surface area contributed by atoms with Gasteiger partial charge in [-0.3, -0.25) is 0 Å². The highest BCUT2D eigenvalue weighted by atomic mass is 35.5. The lowest BCUT2D eigenvalue weighted by Crippen LogP contribution is -2.06. The lowest BCUT2D eigenvalue weighted by atomic mass is 10.3.